The number of para-hydroxylation sites is 1. The molecule has 0 bridgehead atoms. The van der Waals surface area contributed by atoms with Crippen LogP contribution in [0.3, 0.4) is 0 Å². The van der Waals surface area contributed by atoms with Gasteiger partial charge in [0.1, 0.15) is 5.82 Å². The molecule has 3 rings (SSSR count). The van der Waals surface area contributed by atoms with Gasteiger partial charge in [0.25, 0.3) is 0 Å². The summed E-state index contributed by atoms with van der Waals surface area (Å²) in [7, 11) is 0. The van der Waals surface area contributed by atoms with Crippen molar-refractivity contribution in [1.29, 1.82) is 0 Å². The number of carbonyl (C=O) groups excluding carboxylic acids is 2. The number of rotatable bonds is 9. The third-order valence-electron chi connectivity index (χ3n) is 5.20. The van der Waals surface area contributed by atoms with Gasteiger partial charge in [0.05, 0.1) is 17.4 Å². The van der Waals surface area contributed by atoms with Crippen molar-refractivity contribution in [3.63, 3.8) is 0 Å². The molecule has 0 spiro atoms. The van der Waals surface area contributed by atoms with Gasteiger partial charge in [0.15, 0.2) is 11.0 Å². The maximum absolute atomic E-state index is 14.4. The number of halogens is 1. The van der Waals surface area contributed by atoms with Gasteiger partial charge in [-0.05, 0) is 49.9 Å². The molecule has 3 aromatic rings. The van der Waals surface area contributed by atoms with E-state index in [-0.39, 0.29) is 30.1 Å². The molecule has 1 heterocycles. The van der Waals surface area contributed by atoms with Crippen molar-refractivity contribution < 1.29 is 14.0 Å². The van der Waals surface area contributed by atoms with Gasteiger partial charge in [-0.2, -0.15) is 0 Å². The molecule has 2 amide bonds. The van der Waals surface area contributed by atoms with Gasteiger partial charge in [0, 0.05) is 12.2 Å². The lowest BCUT2D eigenvalue weighted by Crippen LogP contribution is -2.37. The normalized spacial score (nSPS) is 12.0. The molecule has 1 unspecified atom stereocenters. The van der Waals surface area contributed by atoms with Crippen LogP contribution >= 0.6 is 11.8 Å². The van der Waals surface area contributed by atoms with Crippen LogP contribution in [0.25, 0.3) is 11.4 Å². The summed E-state index contributed by atoms with van der Waals surface area (Å²) in [5.74, 6) is -0.286. The van der Waals surface area contributed by atoms with Crippen molar-refractivity contribution in [2.45, 2.75) is 51.6 Å². The fourth-order valence-electron chi connectivity index (χ4n) is 3.47. The monoisotopic (exact) mass is 483 g/mol. The highest BCUT2D eigenvalue weighted by atomic mass is 32.2. The van der Waals surface area contributed by atoms with Gasteiger partial charge in [-0.3, -0.25) is 9.59 Å². The van der Waals surface area contributed by atoms with Crippen molar-refractivity contribution in [3.8, 4) is 11.4 Å². The molecule has 1 atom stereocenters. The highest BCUT2D eigenvalue weighted by Gasteiger charge is 2.23. The fraction of sp³-hybridized carbons (Fsp3) is 0.360. The number of aryl methyl sites for hydroxylation is 2. The van der Waals surface area contributed by atoms with E-state index in [1.807, 2.05) is 50.5 Å². The van der Waals surface area contributed by atoms with Gasteiger partial charge in [0.2, 0.25) is 11.8 Å². The lowest BCUT2D eigenvalue weighted by molar-refractivity contribution is -0.123. The largest absolute Gasteiger partial charge is 0.346 e. The average molecular weight is 484 g/mol. The Bertz CT molecular complexity index is 1160. The lowest BCUT2D eigenvalue weighted by Gasteiger charge is -2.16. The van der Waals surface area contributed by atoms with E-state index in [2.05, 4.69) is 20.8 Å². The minimum Gasteiger partial charge on any atom is -0.346 e. The summed E-state index contributed by atoms with van der Waals surface area (Å²) in [6, 6.07) is 12.2. The number of anilines is 1. The summed E-state index contributed by atoms with van der Waals surface area (Å²) < 4.78 is 16.2. The van der Waals surface area contributed by atoms with E-state index in [9.17, 15) is 14.0 Å². The van der Waals surface area contributed by atoms with E-state index in [4.69, 9.17) is 0 Å². The molecule has 7 nitrogen and oxygen atoms in total. The highest BCUT2D eigenvalue weighted by Crippen LogP contribution is 2.29. The second-order valence-corrected chi connectivity index (χ2v) is 9.89. The van der Waals surface area contributed by atoms with Crippen LogP contribution < -0.4 is 10.6 Å². The molecule has 34 heavy (non-hydrogen) atoms. The van der Waals surface area contributed by atoms with Crippen LogP contribution in [0, 0.1) is 25.6 Å². The van der Waals surface area contributed by atoms with E-state index in [1.165, 1.54) is 17.8 Å². The molecule has 2 aromatic carbocycles. The molecular formula is C25H30FN5O2S. The molecule has 0 fully saturated rings. The van der Waals surface area contributed by atoms with Crippen molar-refractivity contribution in [3.05, 3.63) is 59.4 Å². The predicted octanol–water partition coefficient (Wildman–Crippen LogP) is 4.59. The van der Waals surface area contributed by atoms with E-state index in [0.717, 1.165) is 16.8 Å². The van der Waals surface area contributed by atoms with Gasteiger partial charge in [-0.1, -0.05) is 55.9 Å². The van der Waals surface area contributed by atoms with Crippen LogP contribution in [0.5, 0.6) is 0 Å². The summed E-state index contributed by atoms with van der Waals surface area (Å²) in [6.07, 6.45) is 0. The van der Waals surface area contributed by atoms with Crippen LogP contribution in [0.2, 0.25) is 0 Å². The number of hydrogen-bond acceptors (Lipinski definition) is 5. The number of nitrogens with zero attached hydrogens (tertiary/aromatic N) is 3. The summed E-state index contributed by atoms with van der Waals surface area (Å²) in [5, 5.41) is 14.0. The van der Waals surface area contributed by atoms with Gasteiger partial charge in [-0.15, -0.1) is 10.2 Å². The zero-order valence-corrected chi connectivity index (χ0v) is 20.9. The lowest BCUT2D eigenvalue weighted by atomic mass is 10.1. The third kappa shape index (κ3) is 6.22. The molecule has 0 saturated carbocycles. The van der Waals surface area contributed by atoms with E-state index < -0.39 is 5.25 Å². The molecule has 9 heteroatoms. The quantitative estimate of drug-likeness (QED) is 0.435. The molecule has 0 radical (unpaired) electrons. The Morgan fingerprint density at radius 3 is 2.35 bits per heavy atom. The zero-order chi connectivity index (χ0) is 24.8. The minimum absolute atomic E-state index is 0.142. The van der Waals surface area contributed by atoms with E-state index in [0.29, 0.717) is 23.1 Å². The Labute approximate surface area is 203 Å². The van der Waals surface area contributed by atoms with Crippen LogP contribution in [-0.2, 0) is 16.1 Å². The smallest absolute Gasteiger partial charge is 0.243 e. The third-order valence-corrected chi connectivity index (χ3v) is 6.28. The summed E-state index contributed by atoms with van der Waals surface area (Å²) in [6.45, 7) is 10.1. The Hall–Kier alpha value is -3.20. The summed E-state index contributed by atoms with van der Waals surface area (Å²) in [5.41, 5.74) is 3.03. The number of nitrogens with one attached hydrogen (secondary N) is 2. The molecule has 0 saturated heterocycles. The minimum atomic E-state index is -0.531. The van der Waals surface area contributed by atoms with Crippen LogP contribution in [0.4, 0.5) is 10.1 Å². The van der Waals surface area contributed by atoms with Crippen LogP contribution in [0.15, 0.2) is 47.6 Å². The Morgan fingerprint density at radius 2 is 1.71 bits per heavy atom. The first-order valence-electron chi connectivity index (χ1n) is 11.2. The molecule has 0 aliphatic carbocycles. The van der Waals surface area contributed by atoms with Gasteiger partial charge in [-0.25, -0.2) is 4.39 Å². The van der Waals surface area contributed by atoms with E-state index >= 15 is 0 Å². The van der Waals surface area contributed by atoms with Crippen molar-refractivity contribution in [2.24, 2.45) is 5.92 Å². The van der Waals surface area contributed by atoms with Gasteiger partial charge >= 0.3 is 0 Å². The maximum Gasteiger partial charge on any atom is 0.243 e. The Morgan fingerprint density at radius 1 is 1.03 bits per heavy atom. The standard InChI is InChI=1S/C25H30FN5O2S/c1-15(2)14-31-23(19-11-6-7-12-20(19)26)29-30-25(31)34-18(5)24(33)27-13-21(32)28-22-16(3)9-8-10-17(22)4/h6-12,15,18H,13-14H2,1-5H3,(H,27,33)(H,28,32). The summed E-state index contributed by atoms with van der Waals surface area (Å²) in [4.78, 5) is 25.0. The molecule has 0 aliphatic rings. The SMILES string of the molecule is Cc1cccc(C)c1NC(=O)CNC(=O)C(C)Sc1nnc(-c2ccccc2F)n1CC(C)C. The number of hydrogen-bond donors (Lipinski definition) is 2. The number of carbonyl (C=O) groups is 2. The van der Waals surface area contributed by atoms with E-state index in [1.54, 1.807) is 25.1 Å². The first kappa shape index (κ1) is 25.4. The molecular weight excluding hydrogens is 453 g/mol. The Balaban J connectivity index is 1.66. The Kier molecular flexibility index (Phi) is 8.44. The molecule has 1 aromatic heterocycles. The first-order valence-corrected chi connectivity index (χ1v) is 12.0. The summed E-state index contributed by atoms with van der Waals surface area (Å²) >= 11 is 1.23. The van der Waals surface area contributed by atoms with Crippen molar-refractivity contribution in [2.75, 3.05) is 11.9 Å². The first-order chi connectivity index (χ1) is 16.2. The molecule has 2 N–H and O–H groups in total. The number of benzene rings is 2. The molecule has 0 aliphatic heterocycles. The number of thioether (sulfide) groups is 1. The van der Waals surface area contributed by atoms with Crippen molar-refractivity contribution in [1.82, 2.24) is 20.1 Å². The topological polar surface area (TPSA) is 88.9 Å². The zero-order valence-electron chi connectivity index (χ0n) is 20.1. The fourth-order valence-corrected chi connectivity index (χ4v) is 4.35. The number of aromatic nitrogens is 3. The average Bonchev–Trinajstić information content (AvgIpc) is 3.16. The molecule has 180 valence electrons. The van der Waals surface area contributed by atoms with Crippen LogP contribution in [-0.4, -0.2) is 38.4 Å². The second kappa shape index (κ2) is 11.3. The highest BCUT2D eigenvalue weighted by molar-refractivity contribution is 8.00. The van der Waals surface area contributed by atoms with Crippen LogP contribution in [0.1, 0.15) is 31.9 Å². The number of amides is 2. The predicted molar refractivity (Wildman–Crippen MR) is 133 cm³/mol. The second-order valence-electron chi connectivity index (χ2n) is 8.58. The van der Waals surface area contributed by atoms with Crippen molar-refractivity contribution >= 4 is 29.3 Å². The van der Waals surface area contributed by atoms with Gasteiger partial charge < -0.3 is 15.2 Å². The maximum atomic E-state index is 14.4.